The molecular formula is C25H23FO4. The molecule has 2 N–H and O–H groups in total. The van der Waals surface area contributed by atoms with E-state index in [0.717, 1.165) is 36.1 Å². The summed E-state index contributed by atoms with van der Waals surface area (Å²) in [6.45, 7) is 0.375. The molecule has 154 valence electrons. The van der Waals surface area contributed by atoms with Crippen molar-refractivity contribution in [2.75, 3.05) is 0 Å². The summed E-state index contributed by atoms with van der Waals surface area (Å²) in [4.78, 5) is 11.1. The maximum atomic E-state index is 14.0. The Hall–Kier alpha value is -3.34. The molecule has 0 radical (unpaired) electrons. The third-order valence-electron chi connectivity index (χ3n) is 5.59. The van der Waals surface area contributed by atoms with Gasteiger partial charge < -0.3 is 14.9 Å². The Labute approximate surface area is 174 Å². The van der Waals surface area contributed by atoms with Crippen LogP contribution >= 0.6 is 0 Å². The number of benzene rings is 3. The number of phenolic OH excluding ortho intramolecular Hbond substituents is 1. The predicted molar refractivity (Wildman–Crippen MR) is 112 cm³/mol. The molecule has 3 aromatic rings. The van der Waals surface area contributed by atoms with E-state index in [1.54, 1.807) is 12.1 Å². The number of carbonyl (C=O) groups is 1. The standard InChI is InChI=1S/C25H23FO4/c26-24-11-8-20(27)14-23(24)17-6-4-16(5-7-17)15-30-21-9-10-22-18(12-21)2-1-3-19(22)13-25(28)29/h4-12,14,19,27H,1-3,13,15H2,(H,28,29)/t19-/m0/s1. The molecule has 5 heteroatoms. The first-order chi connectivity index (χ1) is 14.5. The van der Waals surface area contributed by atoms with Crippen molar-refractivity contribution in [2.24, 2.45) is 0 Å². The van der Waals surface area contributed by atoms with Gasteiger partial charge in [0.05, 0.1) is 6.42 Å². The molecule has 4 rings (SSSR count). The van der Waals surface area contributed by atoms with E-state index in [1.807, 2.05) is 30.3 Å². The SMILES string of the molecule is O=C(O)C[C@@H]1CCCc2cc(OCc3ccc(-c4cc(O)ccc4F)cc3)ccc21. The minimum absolute atomic E-state index is 0.0248. The summed E-state index contributed by atoms with van der Waals surface area (Å²) in [7, 11) is 0. The molecule has 1 atom stereocenters. The first kappa shape index (κ1) is 20.0. The van der Waals surface area contributed by atoms with Crippen molar-refractivity contribution in [3.63, 3.8) is 0 Å². The number of hydrogen-bond acceptors (Lipinski definition) is 3. The molecule has 3 aromatic carbocycles. The Bertz CT molecular complexity index is 1060. The molecule has 0 aliphatic heterocycles. The summed E-state index contributed by atoms with van der Waals surface area (Å²) in [5, 5.41) is 18.7. The normalized spacial score (nSPS) is 15.4. The number of aliphatic carboxylic acids is 1. The monoisotopic (exact) mass is 406 g/mol. The Morgan fingerprint density at radius 1 is 1.07 bits per heavy atom. The second-order valence-electron chi connectivity index (χ2n) is 7.70. The average molecular weight is 406 g/mol. The van der Waals surface area contributed by atoms with Gasteiger partial charge in [0, 0.05) is 5.56 Å². The molecule has 1 aliphatic carbocycles. The fourth-order valence-electron chi connectivity index (χ4n) is 4.09. The smallest absolute Gasteiger partial charge is 0.303 e. The zero-order valence-electron chi connectivity index (χ0n) is 16.5. The second-order valence-corrected chi connectivity index (χ2v) is 7.70. The summed E-state index contributed by atoms with van der Waals surface area (Å²) in [6.07, 6.45) is 3.00. The molecule has 0 saturated heterocycles. The van der Waals surface area contributed by atoms with Crippen LogP contribution in [0.15, 0.2) is 60.7 Å². The Kier molecular flexibility index (Phi) is 5.70. The fraction of sp³-hybridized carbons (Fsp3) is 0.240. The van der Waals surface area contributed by atoms with Crippen molar-refractivity contribution in [2.45, 2.75) is 38.2 Å². The van der Waals surface area contributed by atoms with Crippen LogP contribution in [0.3, 0.4) is 0 Å². The summed E-state index contributed by atoms with van der Waals surface area (Å²) >= 11 is 0. The Morgan fingerprint density at radius 2 is 1.87 bits per heavy atom. The number of aromatic hydroxyl groups is 1. The highest BCUT2D eigenvalue weighted by Crippen LogP contribution is 2.36. The molecule has 0 bridgehead atoms. The lowest BCUT2D eigenvalue weighted by Crippen LogP contribution is -2.13. The van der Waals surface area contributed by atoms with Gasteiger partial charge in [0.25, 0.3) is 0 Å². The van der Waals surface area contributed by atoms with E-state index in [2.05, 4.69) is 0 Å². The maximum Gasteiger partial charge on any atom is 0.303 e. The van der Waals surface area contributed by atoms with E-state index in [0.29, 0.717) is 17.7 Å². The van der Waals surface area contributed by atoms with Gasteiger partial charge in [-0.3, -0.25) is 4.79 Å². The van der Waals surface area contributed by atoms with Crippen molar-refractivity contribution in [1.82, 2.24) is 0 Å². The Morgan fingerprint density at radius 3 is 2.63 bits per heavy atom. The van der Waals surface area contributed by atoms with Gasteiger partial charge >= 0.3 is 5.97 Å². The zero-order chi connectivity index (χ0) is 21.1. The van der Waals surface area contributed by atoms with Crippen molar-refractivity contribution in [3.05, 3.63) is 83.2 Å². The van der Waals surface area contributed by atoms with Crippen molar-refractivity contribution in [3.8, 4) is 22.6 Å². The van der Waals surface area contributed by atoms with E-state index < -0.39 is 5.97 Å². The first-order valence-electron chi connectivity index (χ1n) is 10.0. The molecule has 0 amide bonds. The fourth-order valence-corrected chi connectivity index (χ4v) is 4.09. The number of fused-ring (bicyclic) bond motifs is 1. The lowest BCUT2D eigenvalue weighted by atomic mass is 9.81. The van der Waals surface area contributed by atoms with E-state index in [4.69, 9.17) is 9.84 Å². The van der Waals surface area contributed by atoms with Crippen molar-refractivity contribution >= 4 is 5.97 Å². The minimum atomic E-state index is -0.762. The molecule has 0 saturated carbocycles. The van der Waals surface area contributed by atoms with E-state index >= 15 is 0 Å². The third-order valence-corrected chi connectivity index (χ3v) is 5.59. The van der Waals surface area contributed by atoms with Crippen LogP contribution in [0.1, 0.15) is 41.9 Å². The summed E-state index contributed by atoms with van der Waals surface area (Å²) in [5.41, 5.74) is 4.27. The van der Waals surface area contributed by atoms with Crippen molar-refractivity contribution < 1.29 is 24.1 Å². The number of hydrogen-bond donors (Lipinski definition) is 2. The number of aryl methyl sites for hydroxylation is 1. The third kappa shape index (κ3) is 4.46. The lowest BCUT2D eigenvalue weighted by Gasteiger charge is -2.24. The number of phenols is 1. The minimum Gasteiger partial charge on any atom is -0.508 e. The average Bonchev–Trinajstić information content (AvgIpc) is 2.74. The lowest BCUT2D eigenvalue weighted by molar-refractivity contribution is -0.137. The number of carboxylic acid groups (broad SMARTS) is 1. The summed E-state index contributed by atoms with van der Waals surface area (Å²) < 4.78 is 19.9. The van der Waals surface area contributed by atoms with Gasteiger partial charge in [0.15, 0.2) is 0 Å². The van der Waals surface area contributed by atoms with Crippen molar-refractivity contribution in [1.29, 1.82) is 0 Å². The highest BCUT2D eigenvalue weighted by molar-refractivity contribution is 5.68. The Balaban J connectivity index is 1.44. The van der Waals surface area contributed by atoms with Gasteiger partial charge in [0.2, 0.25) is 0 Å². The van der Waals surface area contributed by atoms with Gasteiger partial charge in [0.1, 0.15) is 23.9 Å². The molecule has 0 heterocycles. The van der Waals surface area contributed by atoms with Gasteiger partial charge in [-0.05, 0) is 77.8 Å². The summed E-state index contributed by atoms with van der Waals surface area (Å²) in [5.74, 6) is -0.287. The van der Waals surface area contributed by atoms with Crippen LogP contribution in [0.25, 0.3) is 11.1 Å². The molecule has 1 aliphatic rings. The van der Waals surface area contributed by atoms with Crippen LogP contribution in [-0.4, -0.2) is 16.2 Å². The highest BCUT2D eigenvalue weighted by Gasteiger charge is 2.22. The molecule has 0 spiro atoms. The number of ether oxygens (including phenoxy) is 1. The summed E-state index contributed by atoms with van der Waals surface area (Å²) in [6, 6.07) is 17.2. The zero-order valence-corrected chi connectivity index (χ0v) is 16.5. The van der Waals surface area contributed by atoms with Crippen LogP contribution in [0, 0.1) is 5.82 Å². The van der Waals surface area contributed by atoms with Gasteiger partial charge in [-0.1, -0.05) is 30.3 Å². The number of rotatable bonds is 6. The van der Waals surface area contributed by atoms with Gasteiger partial charge in [-0.2, -0.15) is 0 Å². The quantitative estimate of drug-likeness (QED) is 0.553. The van der Waals surface area contributed by atoms with Gasteiger partial charge in [-0.15, -0.1) is 0 Å². The van der Waals surface area contributed by atoms with E-state index in [9.17, 15) is 14.3 Å². The van der Waals surface area contributed by atoms with E-state index in [1.165, 1.54) is 23.8 Å². The second kappa shape index (κ2) is 8.57. The highest BCUT2D eigenvalue weighted by atomic mass is 19.1. The number of halogens is 1. The number of carboxylic acids is 1. The molecule has 0 aromatic heterocycles. The molecular weight excluding hydrogens is 383 g/mol. The van der Waals surface area contributed by atoms with Crippen LogP contribution in [-0.2, 0) is 17.8 Å². The van der Waals surface area contributed by atoms with Crippen LogP contribution in [0.2, 0.25) is 0 Å². The van der Waals surface area contributed by atoms with Crippen LogP contribution < -0.4 is 4.74 Å². The largest absolute Gasteiger partial charge is 0.508 e. The van der Waals surface area contributed by atoms with Crippen LogP contribution in [0.5, 0.6) is 11.5 Å². The van der Waals surface area contributed by atoms with Gasteiger partial charge in [-0.25, -0.2) is 4.39 Å². The predicted octanol–water partition coefficient (Wildman–Crippen LogP) is 5.67. The van der Waals surface area contributed by atoms with Crippen LogP contribution in [0.4, 0.5) is 4.39 Å². The molecule has 4 nitrogen and oxygen atoms in total. The first-order valence-corrected chi connectivity index (χ1v) is 10.0. The maximum absolute atomic E-state index is 14.0. The topological polar surface area (TPSA) is 66.8 Å². The van der Waals surface area contributed by atoms with E-state index in [-0.39, 0.29) is 23.9 Å². The molecule has 30 heavy (non-hydrogen) atoms. The molecule has 0 fully saturated rings. The molecule has 0 unspecified atom stereocenters.